The van der Waals surface area contributed by atoms with Crippen molar-refractivity contribution in [2.24, 2.45) is 9.98 Å². The van der Waals surface area contributed by atoms with Crippen molar-refractivity contribution in [1.29, 1.82) is 0 Å². The molecule has 0 radical (unpaired) electrons. The predicted octanol–water partition coefficient (Wildman–Crippen LogP) is 3.57. The molecule has 1 aromatic rings. The largest absolute Gasteiger partial charge is 0.297 e. The van der Waals surface area contributed by atoms with E-state index in [0.717, 1.165) is 32.2 Å². The van der Waals surface area contributed by atoms with Crippen molar-refractivity contribution >= 4 is 28.9 Å². The number of hydrogen-bond acceptors (Lipinski definition) is 5. The van der Waals surface area contributed by atoms with Gasteiger partial charge in [0.2, 0.25) is 0 Å². The van der Waals surface area contributed by atoms with Gasteiger partial charge in [-0.05, 0) is 37.1 Å². The Bertz CT molecular complexity index is 814. The van der Waals surface area contributed by atoms with Crippen molar-refractivity contribution in [2.75, 3.05) is 6.54 Å². The highest BCUT2D eigenvalue weighted by Gasteiger charge is 2.17. The number of aryl methyl sites for hydroxylation is 2. The van der Waals surface area contributed by atoms with Crippen molar-refractivity contribution in [3.05, 3.63) is 69.9 Å². The molecule has 2 heterocycles. The van der Waals surface area contributed by atoms with Crippen LogP contribution in [0.15, 0.2) is 63.2 Å². The van der Waals surface area contributed by atoms with E-state index in [2.05, 4.69) is 16.1 Å². The molecule has 0 bridgehead atoms. The Morgan fingerprint density at radius 2 is 1.88 bits per heavy atom. The van der Waals surface area contributed by atoms with Crippen LogP contribution in [0.4, 0.5) is 0 Å². The first-order valence-corrected chi connectivity index (χ1v) is 8.80. The summed E-state index contributed by atoms with van der Waals surface area (Å²) in [5.74, 6) is 0.625. The Balaban J connectivity index is 1.69. The Hall–Kier alpha value is -2.44. The number of hydrogen-bond donors (Lipinski definition) is 1. The Labute approximate surface area is 151 Å². The molecular formula is C19H19N3O2S. The lowest BCUT2D eigenvalue weighted by atomic mass is 10.0. The third-order valence-corrected chi connectivity index (χ3v) is 4.58. The van der Waals surface area contributed by atoms with Gasteiger partial charge in [0.15, 0.2) is 11.6 Å². The molecule has 128 valence electrons. The predicted molar refractivity (Wildman–Crippen MR) is 102 cm³/mol. The van der Waals surface area contributed by atoms with E-state index >= 15 is 0 Å². The molecule has 25 heavy (non-hydrogen) atoms. The minimum Gasteiger partial charge on any atom is -0.297 e. The molecule has 3 rings (SSSR count). The lowest BCUT2D eigenvalue weighted by Crippen LogP contribution is -2.10. The number of carbonyl (C=O) groups is 1. The van der Waals surface area contributed by atoms with Crippen LogP contribution in [-0.4, -0.2) is 34.0 Å². The second-order valence-corrected chi connectivity index (χ2v) is 6.85. The number of nitrogens with zero attached hydrogens (tertiary/aromatic N) is 3. The van der Waals surface area contributed by atoms with Crippen LogP contribution in [0.1, 0.15) is 16.7 Å². The lowest BCUT2D eigenvalue weighted by Gasteiger charge is -2.11. The average Bonchev–Trinajstić information content (AvgIpc) is 3.01. The Morgan fingerprint density at radius 3 is 2.56 bits per heavy atom. The standard InChI is InChI=1S/C19H19N3O2S/c1-13-7-14(2)9-15(8-13)10-17(23)11-20-19-18(25-12-21-19)16-3-5-22(24)6-4-16/h3-9,12,24H,10-11H2,1-2H3. The van der Waals surface area contributed by atoms with E-state index in [1.54, 1.807) is 30.1 Å². The van der Waals surface area contributed by atoms with E-state index in [4.69, 9.17) is 0 Å². The first kappa shape index (κ1) is 17.4. The SMILES string of the molecule is Cc1cc(C)cc(CC(=O)CN=C2N=CSC2=C2C=CN(O)C=C2)c1. The molecular weight excluding hydrogens is 334 g/mol. The van der Waals surface area contributed by atoms with Gasteiger partial charge in [-0.1, -0.05) is 41.1 Å². The van der Waals surface area contributed by atoms with Crippen LogP contribution >= 0.6 is 11.8 Å². The molecule has 0 fully saturated rings. The molecule has 1 N–H and O–H groups in total. The summed E-state index contributed by atoms with van der Waals surface area (Å²) in [6, 6.07) is 6.16. The summed E-state index contributed by atoms with van der Waals surface area (Å²) >= 11 is 1.46. The summed E-state index contributed by atoms with van der Waals surface area (Å²) in [6.45, 7) is 4.17. The first-order valence-electron chi connectivity index (χ1n) is 7.92. The van der Waals surface area contributed by atoms with E-state index in [9.17, 15) is 10.0 Å². The quantitative estimate of drug-likeness (QED) is 0.899. The van der Waals surface area contributed by atoms with Gasteiger partial charge < -0.3 is 0 Å². The van der Waals surface area contributed by atoms with Crippen LogP contribution < -0.4 is 0 Å². The van der Waals surface area contributed by atoms with Crippen LogP contribution in [-0.2, 0) is 11.2 Å². The number of rotatable bonds is 4. The molecule has 0 spiro atoms. The van der Waals surface area contributed by atoms with E-state index in [1.165, 1.54) is 11.8 Å². The van der Waals surface area contributed by atoms with Crippen molar-refractivity contribution in [1.82, 2.24) is 5.06 Å². The number of amidine groups is 1. The maximum Gasteiger partial charge on any atom is 0.163 e. The summed E-state index contributed by atoms with van der Waals surface area (Å²) in [5, 5.41) is 10.3. The topological polar surface area (TPSA) is 65.3 Å². The highest BCUT2D eigenvalue weighted by molar-refractivity contribution is 8.16. The Morgan fingerprint density at radius 1 is 1.20 bits per heavy atom. The van der Waals surface area contributed by atoms with Gasteiger partial charge in [-0.25, -0.2) is 10.1 Å². The second-order valence-electron chi connectivity index (χ2n) is 6.00. The fraction of sp³-hybridized carbons (Fsp3) is 0.211. The zero-order chi connectivity index (χ0) is 17.8. The van der Waals surface area contributed by atoms with Crippen molar-refractivity contribution in [3.63, 3.8) is 0 Å². The number of Topliss-reactive ketones (excluding diaryl/α,β-unsaturated/α-hetero) is 1. The number of carbonyl (C=O) groups excluding carboxylic acids is 1. The molecule has 0 aliphatic carbocycles. The van der Waals surface area contributed by atoms with Crippen molar-refractivity contribution in [2.45, 2.75) is 20.3 Å². The third-order valence-electron chi connectivity index (χ3n) is 3.71. The lowest BCUT2D eigenvalue weighted by molar-refractivity contribution is -0.117. The van der Waals surface area contributed by atoms with Gasteiger partial charge >= 0.3 is 0 Å². The number of thioether (sulfide) groups is 1. The van der Waals surface area contributed by atoms with Gasteiger partial charge in [0.25, 0.3) is 0 Å². The Kier molecular flexibility index (Phi) is 5.31. The van der Waals surface area contributed by atoms with E-state index < -0.39 is 0 Å². The van der Waals surface area contributed by atoms with Crippen LogP contribution in [0.25, 0.3) is 0 Å². The molecule has 6 heteroatoms. The fourth-order valence-electron chi connectivity index (χ4n) is 2.74. The third kappa shape index (κ3) is 4.55. The van der Waals surface area contributed by atoms with E-state index in [-0.39, 0.29) is 12.3 Å². The normalized spacial score (nSPS) is 17.9. The maximum atomic E-state index is 12.3. The smallest absolute Gasteiger partial charge is 0.163 e. The molecule has 2 aliphatic rings. The van der Waals surface area contributed by atoms with Gasteiger partial charge in [-0.2, -0.15) is 0 Å². The minimum absolute atomic E-state index is 0.0604. The molecule has 0 saturated carbocycles. The first-order chi connectivity index (χ1) is 12.0. The number of hydroxylamine groups is 2. The van der Waals surface area contributed by atoms with E-state index in [1.807, 2.05) is 26.0 Å². The summed E-state index contributed by atoms with van der Waals surface area (Å²) in [7, 11) is 0. The van der Waals surface area contributed by atoms with Gasteiger partial charge in [0.05, 0.1) is 10.5 Å². The molecule has 5 nitrogen and oxygen atoms in total. The zero-order valence-corrected chi connectivity index (χ0v) is 15.0. The van der Waals surface area contributed by atoms with Gasteiger partial charge in [0, 0.05) is 18.8 Å². The minimum atomic E-state index is 0.0604. The highest BCUT2D eigenvalue weighted by atomic mass is 32.2. The molecule has 0 amide bonds. The number of ketones is 1. The number of benzene rings is 1. The molecule has 0 saturated heterocycles. The summed E-state index contributed by atoms with van der Waals surface area (Å²) in [4.78, 5) is 21.8. The highest BCUT2D eigenvalue weighted by Crippen LogP contribution is 2.28. The zero-order valence-electron chi connectivity index (χ0n) is 14.1. The molecule has 1 aromatic carbocycles. The van der Waals surface area contributed by atoms with Crippen LogP contribution in [0.3, 0.4) is 0 Å². The van der Waals surface area contributed by atoms with Crippen molar-refractivity contribution in [3.8, 4) is 0 Å². The average molecular weight is 353 g/mol. The summed E-state index contributed by atoms with van der Waals surface area (Å²) < 4.78 is 0. The molecule has 0 unspecified atom stereocenters. The van der Waals surface area contributed by atoms with E-state index in [0.29, 0.717) is 12.3 Å². The van der Waals surface area contributed by atoms with Crippen LogP contribution in [0.2, 0.25) is 0 Å². The number of aliphatic imine (C=N–C) groups is 2. The number of allylic oxidation sites excluding steroid dienone is 3. The molecule has 2 aliphatic heterocycles. The summed E-state index contributed by atoms with van der Waals surface area (Å²) in [6.07, 6.45) is 7.03. The van der Waals surface area contributed by atoms with Crippen molar-refractivity contribution < 1.29 is 10.0 Å². The summed E-state index contributed by atoms with van der Waals surface area (Å²) in [5.41, 5.74) is 5.96. The van der Waals surface area contributed by atoms with Gasteiger partial charge in [-0.3, -0.25) is 15.0 Å². The van der Waals surface area contributed by atoms with Gasteiger partial charge in [0.1, 0.15) is 6.54 Å². The van der Waals surface area contributed by atoms with Crippen LogP contribution in [0.5, 0.6) is 0 Å². The second kappa shape index (κ2) is 7.63. The maximum absolute atomic E-state index is 12.3. The molecule has 0 aromatic heterocycles. The fourth-order valence-corrected chi connectivity index (χ4v) is 3.49. The van der Waals surface area contributed by atoms with Crippen LogP contribution in [0, 0.1) is 13.8 Å². The molecule has 0 atom stereocenters. The van der Waals surface area contributed by atoms with Gasteiger partial charge in [-0.15, -0.1) is 0 Å². The monoisotopic (exact) mass is 353 g/mol.